The van der Waals surface area contributed by atoms with Crippen LogP contribution in [0.3, 0.4) is 0 Å². The van der Waals surface area contributed by atoms with Crippen LogP contribution in [0.5, 0.6) is 0 Å². The maximum Gasteiger partial charge on any atom is 0.146 e. The van der Waals surface area contributed by atoms with Crippen molar-refractivity contribution in [1.82, 2.24) is 9.88 Å². The summed E-state index contributed by atoms with van der Waals surface area (Å²) in [7, 11) is 0. The third-order valence-electron chi connectivity index (χ3n) is 5.23. The number of pyridine rings is 1. The van der Waals surface area contributed by atoms with Crippen LogP contribution in [-0.4, -0.2) is 22.0 Å². The molecule has 0 spiro atoms. The fourth-order valence-electron chi connectivity index (χ4n) is 3.99. The van der Waals surface area contributed by atoms with E-state index in [1.165, 1.54) is 6.07 Å². The van der Waals surface area contributed by atoms with Gasteiger partial charge in [0.25, 0.3) is 0 Å². The summed E-state index contributed by atoms with van der Waals surface area (Å²) in [5.74, 6) is -0.232. The molecule has 0 radical (unpaired) electrons. The van der Waals surface area contributed by atoms with Crippen LogP contribution in [-0.2, 0) is 13.0 Å². The lowest BCUT2D eigenvalue weighted by molar-refractivity contribution is 0.0613. The van der Waals surface area contributed by atoms with Crippen LogP contribution in [0.4, 0.5) is 8.78 Å². The molecular formula is C20H22BrClF2N2. The van der Waals surface area contributed by atoms with Crippen LogP contribution in [0, 0.1) is 17.6 Å². The normalized spacial score (nSPS) is 24.0. The van der Waals surface area contributed by atoms with Crippen molar-refractivity contribution in [1.29, 1.82) is 0 Å². The van der Waals surface area contributed by atoms with E-state index in [0.29, 0.717) is 34.7 Å². The SMILES string of the molecule is CC1CC(Cc2nc(Br)ccc2F)CC(C)N1Cc1cccc(Cl)c1F. The summed E-state index contributed by atoms with van der Waals surface area (Å²) < 4.78 is 28.9. The number of piperidine rings is 1. The van der Waals surface area contributed by atoms with E-state index in [2.05, 4.69) is 39.7 Å². The zero-order chi connectivity index (χ0) is 18.8. The fraction of sp³-hybridized carbons (Fsp3) is 0.450. The van der Waals surface area contributed by atoms with Gasteiger partial charge in [0.15, 0.2) is 0 Å². The van der Waals surface area contributed by atoms with Crippen LogP contribution in [0.2, 0.25) is 5.02 Å². The van der Waals surface area contributed by atoms with Crippen molar-refractivity contribution in [2.24, 2.45) is 5.92 Å². The topological polar surface area (TPSA) is 16.1 Å². The van der Waals surface area contributed by atoms with Gasteiger partial charge in [-0.3, -0.25) is 4.90 Å². The number of rotatable bonds is 4. The molecule has 0 saturated carbocycles. The number of likely N-dealkylation sites (tertiary alicyclic amines) is 1. The Morgan fingerprint density at radius 2 is 1.85 bits per heavy atom. The smallest absolute Gasteiger partial charge is 0.146 e. The molecule has 1 aliphatic heterocycles. The van der Waals surface area contributed by atoms with Crippen LogP contribution >= 0.6 is 27.5 Å². The van der Waals surface area contributed by atoms with Crippen LogP contribution in [0.1, 0.15) is 37.9 Å². The molecule has 1 aliphatic rings. The van der Waals surface area contributed by atoms with Crippen LogP contribution in [0.15, 0.2) is 34.9 Å². The summed E-state index contributed by atoms with van der Waals surface area (Å²) in [5, 5.41) is 0.161. The van der Waals surface area contributed by atoms with E-state index in [4.69, 9.17) is 11.6 Å². The first-order chi connectivity index (χ1) is 12.3. The number of benzene rings is 1. The van der Waals surface area contributed by atoms with Crippen LogP contribution in [0.25, 0.3) is 0 Å². The number of hydrogen-bond donors (Lipinski definition) is 0. The number of halogens is 4. The van der Waals surface area contributed by atoms with Crippen molar-refractivity contribution in [3.8, 4) is 0 Å². The Balaban J connectivity index is 1.69. The van der Waals surface area contributed by atoms with E-state index in [-0.39, 0.29) is 28.7 Å². The number of nitrogens with zero attached hydrogens (tertiary/aromatic N) is 2. The molecule has 1 saturated heterocycles. The maximum atomic E-state index is 14.2. The van der Waals surface area contributed by atoms with E-state index in [1.54, 1.807) is 24.3 Å². The fourth-order valence-corrected chi connectivity index (χ4v) is 4.53. The Labute approximate surface area is 166 Å². The highest BCUT2D eigenvalue weighted by Crippen LogP contribution is 2.32. The van der Waals surface area contributed by atoms with E-state index in [1.807, 2.05) is 0 Å². The molecule has 140 valence electrons. The van der Waals surface area contributed by atoms with E-state index < -0.39 is 0 Å². The van der Waals surface area contributed by atoms with Crippen molar-refractivity contribution in [2.45, 2.75) is 51.7 Å². The second-order valence-electron chi connectivity index (χ2n) is 7.19. The first-order valence-electron chi connectivity index (χ1n) is 8.84. The predicted molar refractivity (Wildman–Crippen MR) is 104 cm³/mol. The highest BCUT2D eigenvalue weighted by molar-refractivity contribution is 9.10. The standard InChI is InChI=1S/C20H22BrClF2N2/c1-12-8-14(10-18-17(23)6-7-19(21)25-18)9-13(2)26(12)11-15-4-3-5-16(22)20(15)24/h3-7,12-14H,8-11H2,1-2H3. The second kappa shape index (κ2) is 8.32. The van der Waals surface area contributed by atoms with Gasteiger partial charge in [-0.05, 0) is 73.2 Å². The highest BCUT2D eigenvalue weighted by Gasteiger charge is 2.32. The van der Waals surface area contributed by atoms with Gasteiger partial charge in [0.1, 0.15) is 16.2 Å². The Bertz CT molecular complexity index is 774. The maximum absolute atomic E-state index is 14.2. The monoisotopic (exact) mass is 442 g/mol. The zero-order valence-electron chi connectivity index (χ0n) is 14.9. The number of hydrogen-bond acceptors (Lipinski definition) is 2. The molecular weight excluding hydrogens is 422 g/mol. The average molecular weight is 444 g/mol. The summed E-state index contributed by atoms with van der Waals surface area (Å²) in [6.45, 7) is 4.83. The van der Waals surface area contributed by atoms with Crippen molar-refractivity contribution < 1.29 is 8.78 Å². The second-order valence-corrected chi connectivity index (χ2v) is 8.41. The predicted octanol–water partition coefficient (Wildman–Crippen LogP) is 6.01. The largest absolute Gasteiger partial charge is 0.294 e. The van der Waals surface area contributed by atoms with Gasteiger partial charge in [-0.15, -0.1) is 0 Å². The Kier molecular flexibility index (Phi) is 6.31. The molecule has 0 bridgehead atoms. The van der Waals surface area contributed by atoms with Gasteiger partial charge < -0.3 is 0 Å². The molecule has 2 atom stereocenters. The third kappa shape index (κ3) is 4.44. The number of aromatic nitrogens is 1. The molecule has 26 heavy (non-hydrogen) atoms. The third-order valence-corrected chi connectivity index (χ3v) is 5.97. The van der Waals surface area contributed by atoms with Crippen molar-refractivity contribution in [2.75, 3.05) is 0 Å². The highest BCUT2D eigenvalue weighted by atomic mass is 79.9. The minimum atomic E-state index is -0.337. The molecule has 1 aromatic carbocycles. The Morgan fingerprint density at radius 1 is 1.15 bits per heavy atom. The molecule has 2 unspecified atom stereocenters. The molecule has 1 fully saturated rings. The summed E-state index contributed by atoms with van der Waals surface area (Å²) in [6.07, 6.45) is 2.49. The first-order valence-corrected chi connectivity index (χ1v) is 10.0. The lowest BCUT2D eigenvalue weighted by atomic mass is 9.83. The van der Waals surface area contributed by atoms with Crippen molar-refractivity contribution in [3.63, 3.8) is 0 Å². The zero-order valence-corrected chi connectivity index (χ0v) is 17.2. The van der Waals surface area contributed by atoms with Gasteiger partial charge in [-0.2, -0.15) is 0 Å². The first kappa shape index (κ1) is 19.7. The van der Waals surface area contributed by atoms with Gasteiger partial charge in [0, 0.05) is 24.2 Å². The molecule has 0 amide bonds. The van der Waals surface area contributed by atoms with E-state index >= 15 is 0 Å². The molecule has 0 aliphatic carbocycles. The molecule has 1 aromatic heterocycles. The van der Waals surface area contributed by atoms with Crippen molar-refractivity contribution in [3.05, 3.63) is 62.8 Å². The minimum absolute atomic E-state index is 0.161. The summed E-state index contributed by atoms with van der Waals surface area (Å²) in [4.78, 5) is 6.59. The van der Waals surface area contributed by atoms with Gasteiger partial charge in [0.2, 0.25) is 0 Å². The van der Waals surface area contributed by atoms with Crippen molar-refractivity contribution >= 4 is 27.5 Å². The van der Waals surface area contributed by atoms with Gasteiger partial charge in [-0.1, -0.05) is 23.7 Å². The summed E-state index contributed by atoms with van der Waals surface area (Å²) in [6, 6.07) is 8.76. The van der Waals surface area contributed by atoms with E-state index in [9.17, 15) is 8.78 Å². The quantitative estimate of drug-likeness (QED) is 0.538. The van der Waals surface area contributed by atoms with Gasteiger partial charge in [0.05, 0.1) is 10.7 Å². The summed E-state index contributed by atoms with van der Waals surface area (Å²) >= 11 is 9.22. The van der Waals surface area contributed by atoms with E-state index in [0.717, 1.165) is 12.8 Å². The van der Waals surface area contributed by atoms with Gasteiger partial charge >= 0.3 is 0 Å². The molecule has 2 aromatic rings. The molecule has 0 N–H and O–H groups in total. The lowest BCUT2D eigenvalue weighted by Crippen LogP contribution is -2.46. The summed E-state index contributed by atoms with van der Waals surface area (Å²) in [5.41, 5.74) is 1.13. The molecule has 3 rings (SSSR count). The molecule has 2 heterocycles. The Hall–Kier alpha value is -1.04. The van der Waals surface area contributed by atoms with Crippen LogP contribution < -0.4 is 0 Å². The minimum Gasteiger partial charge on any atom is -0.294 e. The molecule has 6 heteroatoms. The average Bonchev–Trinajstić information content (AvgIpc) is 2.58. The Morgan fingerprint density at radius 3 is 2.54 bits per heavy atom. The van der Waals surface area contributed by atoms with Gasteiger partial charge in [-0.25, -0.2) is 13.8 Å². The molecule has 2 nitrogen and oxygen atoms in total. The lowest BCUT2D eigenvalue weighted by Gasteiger charge is -2.43.